The summed E-state index contributed by atoms with van der Waals surface area (Å²) in [5, 5.41) is 12.4. The van der Waals surface area contributed by atoms with Gasteiger partial charge in [-0.25, -0.2) is 9.07 Å². The first-order chi connectivity index (χ1) is 14.6. The van der Waals surface area contributed by atoms with Crippen LogP contribution in [-0.2, 0) is 17.9 Å². The zero-order valence-corrected chi connectivity index (χ0v) is 16.4. The number of rotatable bonds is 4. The van der Waals surface area contributed by atoms with Crippen molar-refractivity contribution in [2.24, 2.45) is 0 Å². The highest BCUT2D eigenvalue weighted by atomic mass is 19.1. The maximum atomic E-state index is 13.8. The zero-order chi connectivity index (χ0) is 20.7. The number of hydrogen-bond acceptors (Lipinski definition) is 7. The van der Waals surface area contributed by atoms with E-state index in [0.29, 0.717) is 35.8 Å². The van der Waals surface area contributed by atoms with Crippen LogP contribution in [0.2, 0.25) is 0 Å². The summed E-state index contributed by atoms with van der Waals surface area (Å²) in [6.45, 7) is 2.52. The molecule has 30 heavy (non-hydrogen) atoms. The Morgan fingerprint density at radius 2 is 2.00 bits per heavy atom. The van der Waals surface area contributed by atoms with Crippen LogP contribution in [0.4, 0.5) is 4.39 Å². The predicted molar refractivity (Wildman–Crippen MR) is 104 cm³/mol. The van der Waals surface area contributed by atoms with Crippen molar-refractivity contribution in [3.05, 3.63) is 65.1 Å². The van der Waals surface area contributed by atoms with Gasteiger partial charge in [0.1, 0.15) is 17.7 Å². The minimum absolute atomic E-state index is 0.144. The maximum absolute atomic E-state index is 13.8. The molecule has 2 aromatic carbocycles. The Kier molecular flexibility index (Phi) is 4.51. The summed E-state index contributed by atoms with van der Waals surface area (Å²) in [7, 11) is 1.63. The standard InChI is InChI=1S/C21H18FN5O3/c1-12-3-4-14(9-16(12)22)21-23-20(25-30-21)19-17-11-29-18(10-27(17)26-24-19)13-5-7-15(28-2)8-6-13/h3-9,18H,10-11H2,1-2H3/t18-/m0/s1. The molecule has 9 heteroatoms. The second-order valence-electron chi connectivity index (χ2n) is 7.03. The molecule has 0 unspecified atom stereocenters. The van der Waals surface area contributed by atoms with Gasteiger partial charge in [-0.15, -0.1) is 5.10 Å². The van der Waals surface area contributed by atoms with Crippen molar-refractivity contribution in [1.82, 2.24) is 25.1 Å². The van der Waals surface area contributed by atoms with E-state index in [1.54, 1.807) is 30.8 Å². The Morgan fingerprint density at radius 3 is 2.77 bits per heavy atom. The van der Waals surface area contributed by atoms with Gasteiger partial charge in [-0.05, 0) is 42.3 Å². The Bertz CT molecular complexity index is 1200. The smallest absolute Gasteiger partial charge is 0.258 e. The highest BCUT2D eigenvalue weighted by Crippen LogP contribution is 2.31. The molecular weight excluding hydrogens is 389 g/mol. The highest BCUT2D eigenvalue weighted by Gasteiger charge is 2.27. The fourth-order valence-electron chi connectivity index (χ4n) is 3.37. The van der Waals surface area contributed by atoms with Gasteiger partial charge >= 0.3 is 0 Å². The van der Waals surface area contributed by atoms with E-state index in [-0.39, 0.29) is 17.8 Å². The summed E-state index contributed by atoms with van der Waals surface area (Å²) < 4.78 is 32.2. The number of nitrogens with zero attached hydrogens (tertiary/aromatic N) is 5. The summed E-state index contributed by atoms with van der Waals surface area (Å²) in [6, 6.07) is 12.5. The number of benzene rings is 2. The molecule has 8 nitrogen and oxygen atoms in total. The summed E-state index contributed by atoms with van der Waals surface area (Å²) in [4.78, 5) is 4.37. The minimum Gasteiger partial charge on any atom is -0.497 e. The van der Waals surface area contributed by atoms with Crippen LogP contribution in [0.15, 0.2) is 47.0 Å². The third-order valence-corrected chi connectivity index (χ3v) is 5.14. The molecule has 0 N–H and O–H groups in total. The minimum atomic E-state index is -0.328. The average molecular weight is 407 g/mol. The maximum Gasteiger partial charge on any atom is 0.258 e. The molecule has 0 spiro atoms. The van der Waals surface area contributed by atoms with Crippen LogP contribution in [-0.4, -0.2) is 32.2 Å². The first kappa shape index (κ1) is 18.4. The van der Waals surface area contributed by atoms with Crippen LogP contribution < -0.4 is 4.74 Å². The Hall–Kier alpha value is -3.59. The van der Waals surface area contributed by atoms with Crippen molar-refractivity contribution < 1.29 is 18.4 Å². The monoisotopic (exact) mass is 407 g/mol. The van der Waals surface area contributed by atoms with E-state index >= 15 is 0 Å². The van der Waals surface area contributed by atoms with E-state index in [2.05, 4.69) is 20.5 Å². The van der Waals surface area contributed by atoms with Gasteiger partial charge in [0.15, 0.2) is 5.69 Å². The lowest BCUT2D eigenvalue weighted by Crippen LogP contribution is -2.22. The lowest BCUT2D eigenvalue weighted by molar-refractivity contribution is -0.00114. The summed E-state index contributed by atoms with van der Waals surface area (Å²) in [5.41, 5.74) is 3.35. The number of ether oxygens (including phenoxy) is 2. The number of halogens is 1. The second kappa shape index (κ2) is 7.34. The van der Waals surface area contributed by atoms with Gasteiger partial charge in [0, 0.05) is 5.56 Å². The van der Waals surface area contributed by atoms with Gasteiger partial charge < -0.3 is 14.0 Å². The molecule has 1 aliphatic heterocycles. The van der Waals surface area contributed by atoms with Gasteiger partial charge in [0.2, 0.25) is 5.82 Å². The summed E-state index contributed by atoms with van der Waals surface area (Å²) in [6.07, 6.45) is -0.144. The van der Waals surface area contributed by atoms with E-state index < -0.39 is 0 Å². The van der Waals surface area contributed by atoms with Crippen molar-refractivity contribution in [3.63, 3.8) is 0 Å². The molecular formula is C21H18FN5O3. The first-order valence-corrected chi connectivity index (χ1v) is 9.41. The molecule has 0 radical (unpaired) electrons. The number of hydrogen-bond donors (Lipinski definition) is 0. The largest absolute Gasteiger partial charge is 0.497 e. The summed E-state index contributed by atoms with van der Waals surface area (Å²) >= 11 is 0. The Balaban J connectivity index is 1.39. The van der Waals surface area contributed by atoms with Crippen molar-refractivity contribution >= 4 is 0 Å². The molecule has 0 fully saturated rings. The fourth-order valence-corrected chi connectivity index (χ4v) is 3.37. The molecule has 3 heterocycles. The zero-order valence-electron chi connectivity index (χ0n) is 16.4. The lowest BCUT2D eigenvalue weighted by Gasteiger charge is -2.24. The van der Waals surface area contributed by atoms with Gasteiger partial charge in [-0.1, -0.05) is 28.6 Å². The molecule has 0 saturated carbocycles. The van der Waals surface area contributed by atoms with E-state index in [4.69, 9.17) is 14.0 Å². The third kappa shape index (κ3) is 3.22. The van der Waals surface area contributed by atoms with Crippen molar-refractivity contribution in [2.75, 3.05) is 7.11 Å². The normalized spacial score (nSPS) is 15.8. The fraction of sp³-hybridized carbons (Fsp3) is 0.238. The molecule has 1 aliphatic rings. The molecule has 2 aromatic heterocycles. The number of aromatic nitrogens is 5. The van der Waals surface area contributed by atoms with Crippen LogP contribution in [0.3, 0.4) is 0 Å². The first-order valence-electron chi connectivity index (χ1n) is 9.41. The number of methoxy groups -OCH3 is 1. The molecule has 0 bridgehead atoms. The van der Waals surface area contributed by atoms with E-state index in [9.17, 15) is 4.39 Å². The molecule has 1 atom stereocenters. The van der Waals surface area contributed by atoms with Gasteiger partial charge in [0.25, 0.3) is 5.89 Å². The van der Waals surface area contributed by atoms with Gasteiger partial charge in [0.05, 0.1) is 26.0 Å². The molecule has 5 rings (SSSR count). The number of fused-ring (bicyclic) bond motifs is 1. The van der Waals surface area contributed by atoms with Crippen LogP contribution in [0.1, 0.15) is 22.9 Å². The lowest BCUT2D eigenvalue weighted by atomic mass is 10.1. The molecule has 152 valence electrons. The van der Waals surface area contributed by atoms with E-state index in [1.807, 2.05) is 24.3 Å². The summed E-state index contributed by atoms with van der Waals surface area (Å²) in [5.74, 6) is 0.975. The van der Waals surface area contributed by atoms with Gasteiger partial charge in [-0.3, -0.25) is 0 Å². The third-order valence-electron chi connectivity index (χ3n) is 5.14. The molecule has 0 aliphatic carbocycles. The quantitative estimate of drug-likeness (QED) is 0.509. The molecule has 4 aromatic rings. The average Bonchev–Trinajstić information content (AvgIpc) is 3.42. The predicted octanol–water partition coefficient (Wildman–Crippen LogP) is 3.72. The highest BCUT2D eigenvalue weighted by molar-refractivity contribution is 5.59. The SMILES string of the molecule is COc1ccc([C@@H]2Cn3nnc(-c4noc(-c5ccc(C)c(F)c5)n4)c3CO2)cc1. The van der Waals surface area contributed by atoms with E-state index in [0.717, 1.165) is 17.0 Å². The Morgan fingerprint density at radius 1 is 1.17 bits per heavy atom. The van der Waals surface area contributed by atoms with Crippen LogP contribution in [0.25, 0.3) is 23.0 Å². The van der Waals surface area contributed by atoms with Crippen LogP contribution in [0, 0.1) is 12.7 Å². The molecule has 0 saturated heterocycles. The number of aryl methyl sites for hydroxylation is 1. The topological polar surface area (TPSA) is 88.1 Å². The second-order valence-corrected chi connectivity index (χ2v) is 7.03. The molecule has 0 amide bonds. The Labute approximate surface area is 171 Å². The van der Waals surface area contributed by atoms with Crippen LogP contribution in [0.5, 0.6) is 5.75 Å². The van der Waals surface area contributed by atoms with Crippen molar-refractivity contribution in [2.45, 2.75) is 26.2 Å². The van der Waals surface area contributed by atoms with Gasteiger partial charge in [-0.2, -0.15) is 4.98 Å². The van der Waals surface area contributed by atoms with Crippen LogP contribution >= 0.6 is 0 Å². The van der Waals surface area contributed by atoms with Crippen molar-refractivity contribution in [1.29, 1.82) is 0 Å². The van der Waals surface area contributed by atoms with Crippen molar-refractivity contribution in [3.8, 4) is 28.7 Å². The van der Waals surface area contributed by atoms with E-state index in [1.165, 1.54) is 6.07 Å².